The van der Waals surface area contributed by atoms with Gasteiger partial charge in [-0.3, -0.25) is 4.79 Å². The number of anilines is 1. The van der Waals surface area contributed by atoms with E-state index in [1.54, 1.807) is 0 Å². The lowest BCUT2D eigenvalue weighted by Crippen LogP contribution is -2.32. The van der Waals surface area contributed by atoms with E-state index in [0.717, 1.165) is 50.1 Å². The van der Waals surface area contributed by atoms with Crippen LogP contribution in [0.3, 0.4) is 0 Å². The molecule has 106 valence electrons. The predicted molar refractivity (Wildman–Crippen MR) is 81.7 cm³/mol. The number of nitrogens with one attached hydrogen (secondary N) is 1. The van der Waals surface area contributed by atoms with E-state index in [4.69, 9.17) is 0 Å². The molecule has 0 saturated heterocycles. The van der Waals surface area contributed by atoms with Crippen LogP contribution in [-0.2, 0) is 0 Å². The molecule has 1 N–H and O–H groups in total. The first-order valence-corrected chi connectivity index (χ1v) is 7.36. The van der Waals surface area contributed by atoms with Crippen LogP contribution in [-0.4, -0.2) is 30.4 Å². The number of benzene rings is 1. The number of hydrogen-bond donors (Lipinski definition) is 1. The molecule has 0 bridgehead atoms. The normalized spacial score (nSPS) is 10.3. The van der Waals surface area contributed by atoms with Crippen LogP contribution in [0.1, 0.15) is 50.4 Å². The fourth-order valence-corrected chi connectivity index (χ4v) is 2.01. The second-order valence-electron chi connectivity index (χ2n) is 4.71. The van der Waals surface area contributed by atoms with Crippen LogP contribution in [0.15, 0.2) is 24.3 Å². The van der Waals surface area contributed by atoms with E-state index in [2.05, 4.69) is 19.2 Å². The summed E-state index contributed by atoms with van der Waals surface area (Å²) in [4.78, 5) is 14.5. The molecule has 0 fully saturated rings. The van der Waals surface area contributed by atoms with Gasteiger partial charge in [0.1, 0.15) is 0 Å². The maximum Gasteiger partial charge on any atom is 0.255 e. The Morgan fingerprint density at radius 2 is 1.89 bits per heavy atom. The molecule has 0 aliphatic carbocycles. The number of unbranched alkanes of at least 4 members (excludes halogenated alkanes) is 1. The minimum Gasteiger partial charge on any atom is -0.384 e. The van der Waals surface area contributed by atoms with E-state index in [1.807, 2.05) is 36.1 Å². The Kier molecular flexibility index (Phi) is 7.01. The quantitative estimate of drug-likeness (QED) is 0.773. The van der Waals surface area contributed by atoms with Gasteiger partial charge in [-0.25, -0.2) is 0 Å². The summed E-state index contributed by atoms with van der Waals surface area (Å²) in [6.45, 7) is 8.81. The Morgan fingerprint density at radius 3 is 2.53 bits per heavy atom. The summed E-state index contributed by atoms with van der Waals surface area (Å²) in [5.41, 5.74) is 1.73. The van der Waals surface area contributed by atoms with Crippen LogP contribution in [0, 0.1) is 0 Å². The summed E-state index contributed by atoms with van der Waals surface area (Å²) in [5.74, 6) is 0.134. The maximum absolute atomic E-state index is 12.6. The lowest BCUT2D eigenvalue weighted by atomic mass is 10.1. The Morgan fingerprint density at radius 1 is 1.16 bits per heavy atom. The molecular formula is C16H26N2O. The van der Waals surface area contributed by atoms with Crippen molar-refractivity contribution in [2.24, 2.45) is 0 Å². The van der Waals surface area contributed by atoms with Crippen molar-refractivity contribution in [2.75, 3.05) is 25.0 Å². The SMILES string of the molecule is CCCCN(CC)C(=O)c1ccccc1NCCC. The van der Waals surface area contributed by atoms with Gasteiger partial charge in [-0.1, -0.05) is 32.4 Å². The highest BCUT2D eigenvalue weighted by atomic mass is 16.2. The molecule has 0 aromatic heterocycles. The monoisotopic (exact) mass is 262 g/mol. The molecule has 0 aliphatic heterocycles. The molecule has 0 radical (unpaired) electrons. The zero-order valence-corrected chi connectivity index (χ0v) is 12.4. The highest BCUT2D eigenvalue weighted by Gasteiger charge is 2.16. The summed E-state index contributed by atoms with van der Waals surface area (Å²) < 4.78 is 0. The highest BCUT2D eigenvalue weighted by Crippen LogP contribution is 2.17. The number of carbonyl (C=O) groups excluding carboxylic acids is 1. The highest BCUT2D eigenvalue weighted by molar-refractivity contribution is 5.99. The summed E-state index contributed by atoms with van der Waals surface area (Å²) in [6, 6.07) is 7.79. The van der Waals surface area contributed by atoms with E-state index in [9.17, 15) is 4.79 Å². The van der Waals surface area contributed by atoms with Crippen molar-refractivity contribution in [1.29, 1.82) is 0 Å². The molecule has 0 unspecified atom stereocenters. The van der Waals surface area contributed by atoms with Gasteiger partial charge in [0.25, 0.3) is 5.91 Å². The Balaban J connectivity index is 2.84. The van der Waals surface area contributed by atoms with Gasteiger partial charge in [-0.05, 0) is 31.9 Å². The van der Waals surface area contributed by atoms with Crippen LogP contribution < -0.4 is 5.32 Å². The van der Waals surface area contributed by atoms with Gasteiger partial charge in [0.2, 0.25) is 0 Å². The van der Waals surface area contributed by atoms with Gasteiger partial charge in [0.15, 0.2) is 0 Å². The van der Waals surface area contributed by atoms with Gasteiger partial charge in [-0.2, -0.15) is 0 Å². The molecule has 3 heteroatoms. The van der Waals surface area contributed by atoms with Crippen molar-refractivity contribution in [3.05, 3.63) is 29.8 Å². The third-order valence-corrected chi connectivity index (χ3v) is 3.17. The number of carbonyl (C=O) groups is 1. The molecule has 0 atom stereocenters. The van der Waals surface area contributed by atoms with Crippen molar-refractivity contribution in [3.63, 3.8) is 0 Å². The van der Waals surface area contributed by atoms with Crippen molar-refractivity contribution in [3.8, 4) is 0 Å². The second kappa shape index (κ2) is 8.57. The van der Waals surface area contributed by atoms with Crippen molar-refractivity contribution < 1.29 is 4.79 Å². The van der Waals surface area contributed by atoms with Crippen LogP contribution >= 0.6 is 0 Å². The Bertz CT molecular complexity index is 390. The fourth-order valence-electron chi connectivity index (χ4n) is 2.01. The van der Waals surface area contributed by atoms with E-state index < -0.39 is 0 Å². The fraction of sp³-hybridized carbons (Fsp3) is 0.562. The first-order valence-electron chi connectivity index (χ1n) is 7.36. The lowest BCUT2D eigenvalue weighted by Gasteiger charge is -2.22. The average Bonchev–Trinajstić information content (AvgIpc) is 2.46. The molecule has 19 heavy (non-hydrogen) atoms. The van der Waals surface area contributed by atoms with Gasteiger partial charge in [0.05, 0.1) is 5.56 Å². The van der Waals surface area contributed by atoms with Crippen molar-refractivity contribution in [1.82, 2.24) is 4.90 Å². The Labute approximate surface area is 117 Å². The number of para-hydroxylation sites is 1. The van der Waals surface area contributed by atoms with Crippen LogP contribution in [0.5, 0.6) is 0 Å². The summed E-state index contributed by atoms with van der Waals surface area (Å²) >= 11 is 0. The molecule has 1 amide bonds. The van der Waals surface area contributed by atoms with Gasteiger partial charge in [-0.15, -0.1) is 0 Å². The van der Waals surface area contributed by atoms with E-state index in [0.29, 0.717) is 0 Å². The number of hydrogen-bond acceptors (Lipinski definition) is 2. The molecule has 1 aromatic rings. The summed E-state index contributed by atoms with van der Waals surface area (Å²) in [5, 5.41) is 3.33. The van der Waals surface area contributed by atoms with Gasteiger partial charge in [0, 0.05) is 25.3 Å². The first-order chi connectivity index (χ1) is 9.24. The second-order valence-corrected chi connectivity index (χ2v) is 4.71. The molecule has 3 nitrogen and oxygen atoms in total. The van der Waals surface area contributed by atoms with Gasteiger partial charge < -0.3 is 10.2 Å². The summed E-state index contributed by atoms with van der Waals surface area (Å²) in [7, 11) is 0. The largest absolute Gasteiger partial charge is 0.384 e. The molecule has 0 heterocycles. The topological polar surface area (TPSA) is 32.3 Å². The zero-order valence-electron chi connectivity index (χ0n) is 12.4. The third-order valence-electron chi connectivity index (χ3n) is 3.17. The van der Waals surface area contributed by atoms with Crippen molar-refractivity contribution in [2.45, 2.75) is 40.0 Å². The lowest BCUT2D eigenvalue weighted by molar-refractivity contribution is 0.0763. The van der Waals surface area contributed by atoms with E-state index >= 15 is 0 Å². The predicted octanol–water partition coefficient (Wildman–Crippen LogP) is 3.77. The van der Waals surface area contributed by atoms with Crippen LogP contribution in [0.25, 0.3) is 0 Å². The number of nitrogens with zero attached hydrogens (tertiary/aromatic N) is 1. The maximum atomic E-state index is 12.6. The van der Waals surface area contributed by atoms with Gasteiger partial charge >= 0.3 is 0 Å². The smallest absolute Gasteiger partial charge is 0.255 e. The number of amides is 1. The third kappa shape index (κ3) is 4.58. The average molecular weight is 262 g/mol. The molecule has 1 rings (SSSR count). The standard InChI is InChI=1S/C16H26N2O/c1-4-7-13-18(6-3)16(19)14-10-8-9-11-15(14)17-12-5-2/h8-11,17H,4-7,12-13H2,1-3H3. The first kappa shape index (κ1) is 15.5. The number of rotatable bonds is 8. The minimum absolute atomic E-state index is 0.134. The van der Waals surface area contributed by atoms with Crippen LogP contribution in [0.4, 0.5) is 5.69 Å². The Hall–Kier alpha value is -1.51. The summed E-state index contributed by atoms with van der Waals surface area (Å²) in [6.07, 6.45) is 3.22. The molecule has 1 aromatic carbocycles. The zero-order chi connectivity index (χ0) is 14.1. The molecular weight excluding hydrogens is 236 g/mol. The molecule has 0 saturated carbocycles. The van der Waals surface area contributed by atoms with E-state index in [1.165, 1.54) is 0 Å². The minimum atomic E-state index is 0.134. The molecule has 0 aliphatic rings. The molecule has 0 spiro atoms. The van der Waals surface area contributed by atoms with Crippen LogP contribution in [0.2, 0.25) is 0 Å². The van der Waals surface area contributed by atoms with Crippen molar-refractivity contribution >= 4 is 11.6 Å². The van der Waals surface area contributed by atoms with E-state index in [-0.39, 0.29) is 5.91 Å².